The Bertz CT molecular complexity index is 709. The largest absolute Gasteiger partial charge is 0.462 e. The van der Waals surface area contributed by atoms with Crippen LogP contribution in [0, 0.1) is 5.82 Å². The molecule has 4 nitrogen and oxygen atoms in total. The minimum atomic E-state index is -0.765. The van der Waals surface area contributed by atoms with Gasteiger partial charge in [0.2, 0.25) is 0 Å². The number of nitrogens with zero attached hydrogens (tertiary/aromatic N) is 1. The van der Waals surface area contributed by atoms with E-state index in [0.717, 1.165) is 10.9 Å². The maximum Gasteiger partial charge on any atom is 0.339 e. The molecule has 0 saturated heterocycles. The zero-order chi connectivity index (χ0) is 16.3. The summed E-state index contributed by atoms with van der Waals surface area (Å²) in [5.41, 5.74) is 0.0335. The van der Waals surface area contributed by atoms with Gasteiger partial charge >= 0.3 is 5.97 Å². The smallest absolute Gasteiger partial charge is 0.339 e. The highest BCUT2D eigenvalue weighted by Gasteiger charge is 2.21. The number of halogens is 4. The van der Waals surface area contributed by atoms with Crippen molar-refractivity contribution in [3.05, 3.63) is 43.0 Å². The molecule has 1 aromatic carbocycles. The lowest BCUT2D eigenvalue weighted by Crippen LogP contribution is -2.09. The van der Waals surface area contributed by atoms with E-state index >= 15 is 0 Å². The van der Waals surface area contributed by atoms with Crippen molar-refractivity contribution < 1.29 is 13.9 Å². The molecule has 0 saturated carbocycles. The van der Waals surface area contributed by atoms with Crippen LogP contribution in [0.3, 0.4) is 0 Å². The third-order valence-corrected chi connectivity index (χ3v) is 4.49. The first-order valence-corrected chi connectivity index (χ1v) is 8.07. The summed E-state index contributed by atoms with van der Waals surface area (Å²) in [4.78, 5) is 16.5. The van der Waals surface area contributed by atoms with Gasteiger partial charge in [0.25, 0.3) is 0 Å². The van der Waals surface area contributed by atoms with Gasteiger partial charge in [-0.2, -0.15) is 0 Å². The monoisotopic (exact) mass is 382 g/mol. The molecular formula is C13H10Cl3FN2O2S. The predicted octanol–water partition coefficient (Wildman–Crippen LogP) is 5.03. The lowest BCUT2D eigenvalue weighted by Gasteiger charge is -2.13. The quantitative estimate of drug-likeness (QED) is 0.581. The second kappa shape index (κ2) is 7.46. The summed E-state index contributed by atoms with van der Waals surface area (Å²) in [6, 6.07) is 0.956. The molecule has 1 aromatic heterocycles. The van der Waals surface area contributed by atoms with Crippen molar-refractivity contribution in [2.24, 2.45) is 0 Å². The molecule has 0 radical (unpaired) electrons. The van der Waals surface area contributed by atoms with Crippen LogP contribution in [-0.2, 0) is 11.3 Å². The Morgan fingerprint density at radius 1 is 1.41 bits per heavy atom. The van der Waals surface area contributed by atoms with Gasteiger partial charge in [-0.25, -0.2) is 14.2 Å². The maximum absolute atomic E-state index is 13.9. The van der Waals surface area contributed by atoms with E-state index in [4.69, 9.17) is 39.5 Å². The van der Waals surface area contributed by atoms with E-state index in [2.05, 4.69) is 10.3 Å². The first-order valence-electron chi connectivity index (χ1n) is 6.12. The number of aromatic nitrogens is 1. The third-order valence-electron chi connectivity index (χ3n) is 2.62. The average Bonchev–Trinajstić information content (AvgIpc) is 2.88. The standard InChI is InChI=1S/C13H10Cl3FN2O2S/c1-2-21-12(20)7-3-8(17)10(15)11(9(7)14)18-4-6-5-19-13(16)22-6/h3,5,18H,2,4H2,1H3. The summed E-state index contributed by atoms with van der Waals surface area (Å²) in [5, 5.41) is 2.69. The summed E-state index contributed by atoms with van der Waals surface area (Å²) in [5.74, 6) is -1.48. The predicted molar refractivity (Wildman–Crippen MR) is 86.8 cm³/mol. The van der Waals surface area contributed by atoms with Gasteiger partial charge in [-0.1, -0.05) is 34.8 Å². The zero-order valence-corrected chi connectivity index (χ0v) is 14.3. The molecule has 9 heteroatoms. The molecule has 2 aromatic rings. The number of nitrogens with one attached hydrogen (secondary N) is 1. The first-order chi connectivity index (χ1) is 10.4. The molecule has 1 heterocycles. The number of thiazole rings is 1. The molecule has 0 bridgehead atoms. The van der Waals surface area contributed by atoms with Gasteiger partial charge in [0.1, 0.15) is 10.8 Å². The lowest BCUT2D eigenvalue weighted by molar-refractivity contribution is 0.0526. The van der Waals surface area contributed by atoms with Crippen molar-refractivity contribution in [2.75, 3.05) is 11.9 Å². The van der Waals surface area contributed by atoms with Gasteiger partial charge in [0.05, 0.1) is 29.4 Å². The highest BCUT2D eigenvalue weighted by molar-refractivity contribution is 7.15. The highest BCUT2D eigenvalue weighted by Crippen LogP contribution is 2.36. The molecular weight excluding hydrogens is 374 g/mol. The van der Waals surface area contributed by atoms with E-state index in [9.17, 15) is 9.18 Å². The molecule has 0 atom stereocenters. The molecule has 0 aliphatic rings. The second-order valence-electron chi connectivity index (χ2n) is 4.06. The van der Waals surface area contributed by atoms with Crippen LogP contribution in [-0.4, -0.2) is 17.6 Å². The van der Waals surface area contributed by atoms with E-state index < -0.39 is 11.8 Å². The molecule has 118 valence electrons. The molecule has 0 fully saturated rings. The fourth-order valence-corrected chi connectivity index (χ4v) is 3.13. The number of anilines is 1. The molecule has 0 aliphatic carbocycles. The zero-order valence-electron chi connectivity index (χ0n) is 11.3. The Morgan fingerprint density at radius 3 is 2.73 bits per heavy atom. The SMILES string of the molecule is CCOC(=O)c1cc(F)c(Cl)c(NCc2cnc(Cl)s2)c1Cl. The van der Waals surface area contributed by atoms with E-state index in [1.165, 1.54) is 11.3 Å². The van der Waals surface area contributed by atoms with Crippen molar-refractivity contribution in [3.8, 4) is 0 Å². The number of rotatable bonds is 5. The molecule has 0 spiro atoms. The number of carbonyl (C=O) groups is 1. The summed E-state index contributed by atoms with van der Waals surface area (Å²) in [6.45, 7) is 2.09. The number of hydrogen-bond acceptors (Lipinski definition) is 5. The van der Waals surface area contributed by atoms with Crippen LogP contribution in [0.25, 0.3) is 0 Å². The van der Waals surface area contributed by atoms with Crippen LogP contribution < -0.4 is 5.32 Å². The number of benzene rings is 1. The molecule has 22 heavy (non-hydrogen) atoms. The van der Waals surface area contributed by atoms with Crippen LogP contribution in [0.15, 0.2) is 12.3 Å². The Hall–Kier alpha value is -1.08. The fourth-order valence-electron chi connectivity index (χ4n) is 1.66. The fraction of sp³-hybridized carbons (Fsp3) is 0.231. The van der Waals surface area contributed by atoms with Gasteiger partial charge < -0.3 is 10.1 Å². The highest BCUT2D eigenvalue weighted by atomic mass is 35.5. The van der Waals surface area contributed by atoms with Crippen molar-refractivity contribution in [1.29, 1.82) is 0 Å². The minimum absolute atomic E-state index is 0.000428. The Balaban J connectivity index is 2.31. The summed E-state index contributed by atoms with van der Waals surface area (Å²) < 4.78 is 19.1. The molecule has 2 rings (SSSR count). The topological polar surface area (TPSA) is 51.2 Å². The van der Waals surface area contributed by atoms with Crippen molar-refractivity contribution >= 4 is 57.8 Å². The van der Waals surface area contributed by atoms with Gasteiger partial charge in [0, 0.05) is 11.1 Å². The van der Waals surface area contributed by atoms with E-state index in [1.54, 1.807) is 13.1 Å². The van der Waals surface area contributed by atoms with Crippen LogP contribution >= 0.6 is 46.1 Å². The van der Waals surface area contributed by atoms with Crippen LogP contribution in [0.4, 0.5) is 10.1 Å². The van der Waals surface area contributed by atoms with E-state index in [-0.39, 0.29) is 34.4 Å². The Labute approximate surface area is 145 Å². The Kier molecular flexibility index (Phi) is 5.86. The van der Waals surface area contributed by atoms with Crippen molar-refractivity contribution in [1.82, 2.24) is 4.98 Å². The van der Waals surface area contributed by atoms with Gasteiger partial charge in [-0.15, -0.1) is 11.3 Å². The minimum Gasteiger partial charge on any atom is -0.462 e. The average molecular weight is 384 g/mol. The van der Waals surface area contributed by atoms with E-state index in [0.29, 0.717) is 4.47 Å². The number of ether oxygens (including phenoxy) is 1. The van der Waals surface area contributed by atoms with Crippen LogP contribution in [0.1, 0.15) is 22.2 Å². The van der Waals surface area contributed by atoms with Crippen LogP contribution in [0.5, 0.6) is 0 Å². The molecule has 0 unspecified atom stereocenters. The van der Waals surface area contributed by atoms with Crippen molar-refractivity contribution in [2.45, 2.75) is 13.5 Å². The first kappa shape index (κ1) is 17.3. The Morgan fingerprint density at radius 2 is 2.14 bits per heavy atom. The lowest BCUT2D eigenvalue weighted by atomic mass is 10.2. The van der Waals surface area contributed by atoms with Gasteiger partial charge in [0.15, 0.2) is 4.47 Å². The van der Waals surface area contributed by atoms with Crippen LogP contribution in [0.2, 0.25) is 14.5 Å². The third kappa shape index (κ3) is 3.81. The summed E-state index contributed by atoms with van der Waals surface area (Å²) >= 11 is 19.0. The molecule has 0 amide bonds. The summed E-state index contributed by atoms with van der Waals surface area (Å²) in [6.07, 6.45) is 1.58. The normalized spacial score (nSPS) is 10.6. The number of esters is 1. The molecule has 0 aliphatic heterocycles. The maximum atomic E-state index is 13.9. The van der Waals surface area contributed by atoms with E-state index in [1.807, 2.05) is 0 Å². The number of carbonyl (C=O) groups excluding carboxylic acids is 1. The van der Waals surface area contributed by atoms with Crippen molar-refractivity contribution in [3.63, 3.8) is 0 Å². The van der Waals surface area contributed by atoms with Gasteiger partial charge in [-0.05, 0) is 13.0 Å². The number of hydrogen-bond donors (Lipinski definition) is 1. The summed E-state index contributed by atoms with van der Waals surface area (Å²) in [7, 11) is 0. The van der Waals surface area contributed by atoms with Gasteiger partial charge in [-0.3, -0.25) is 0 Å². The second-order valence-corrected chi connectivity index (χ2v) is 6.52. The molecule has 1 N–H and O–H groups in total.